The molecule has 0 aliphatic rings. The summed E-state index contributed by atoms with van der Waals surface area (Å²) in [6.45, 7) is 1.24. The van der Waals surface area contributed by atoms with Gasteiger partial charge < -0.3 is 25.2 Å². The van der Waals surface area contributed by atoms with E-state index < -0.39 is 24.0 Å². The zero-order chi connectivity index (χ0) is 16.0. The lowest BCUT2D eigenvalue weighted by molar-refractivity contribution is -0.149. The second kappa shape index (κ2) is 7.58. The number of benzene rings is 1. The van der Waals surface area contributed by atoms with Crippen LogP contribution in [0.4, 0.5) is 5.69 Å². The van der Waals surface area contributed by atoms with Gasteiger partial charge in [0.25, 0.3) is 0 Å². The van der Waals surface area contributed by atoms with Gasteiger partial charge in [0.1, 0.15) is 6.10 Å². The van der Waals surface area contributed by atoms with Gasteiger partial charge in [0.05, 0.1) is 12.8 Å². The van der Waals surface area contributed by atoms with Crippen LogP contribution in [0.5, 0.6) is 0 Å². The van der Waals surface area contributed by atoms with Gasteiger partial charge in [-0.05, 0) is 6.07 Å². The van der Waals surface area contributed by atoms with Crippen LogP contribution in [-0.4, -0.2) is 37.3 Å². The third-order valence-electron chi connectivity index (χ3n) is 2.82. The van der Waals surface area contributed by atoms with E-state index in [4.69, 9.17) is 9.94 Å². The summed E-state index contributed by atoms with van der Waals surface area (Å²) >= 11 is 0. The fraction of sp³-hybridized carbons (Fsp3) is 0.385. The molecule has 0 spiro atoms. The minimum Gasteiger partial charge on any atom is -0.733 e. The highest BCUT2D eigenvalue weighted by atomic mass is 16.8. The van der Waals surface area contributed by atoms with Gasteiger partial charge in [0.15, 0.2) is 6.04 Å². The lowest BCUT2D eigenvalue weighted by atomic mass is 10.00. The van der Waals surface area contributed by atoms with Crippen LogP contribution in [0.1, 0.15) is 18.6 Å². The predicted molar refractivity (Wildman–Crippen MR) is 73.4 cm³/mol. The quantitative estimate of drug-likeness (QED) is 0.588. The average Bonchev–Trinajstić information content (AvgIpc) is 2.46. The van der Waals surface area contributed by atoms with Crippen molar-refractivity contribution in [3.05, 3.63) is 35.0 Å². The van der Waals surface area contributed by atoms with Gasteiger partial charge in [-0.3, -0.25) is 10.0 Å². The Labute approximate surface area is 121 Å². The Hall–Kier alpha value is -2.16. The van der Waals surface area contributed by atoms with Crippen molar-refractivity contribution in [3.8, 4) is 0 Å². The number of ether oxygens (including phenoxy) is 2. The van der Waals surface area contributed by atoms with Crippen molar-refractivity contribution in [3.63, 3.8) is 0 Å². The van der Waals surface area contributed by atoms with Crippen molar-refractivity contribution in [2.75, 3.05) is 19.4 Å². The van der Waals surface area contributed by atoms with Gasteiger partial charge in [0.2, 0.25) is 5.91 Å². The van der Waals surface area contributed by atoms with E-state index >= 15 is 0 Å². The van der Waals surface area contributed by atoms with Crippen molar-refractivity contribution < 1.29 is 24.3 Å². The van der Waals surface area contributed by atoms with E-state index in [0.717, 1.165) is 0 Å². The number of methoxy groups -OCH3 is 2. The van der Waals surface area contributed by atoms with Gasteiger partial charge in [-0.1, -0.05) is 18.2 Å². The monoisotopic (exact) mass is 297 g/mol. The molecule has 8 heteroatoms. The van der Waals surface area contributed by atoms with Crippen molar-refractivity contribution in [2.24, 2.45) is 0 Å². The molecule has 0 heterocycles. The molecule has 1 amide bonds. The number of nitrogens with one attached hydrogen (secondary N) is 1. The number of anilines is 1. The zero-order valence-electron chi connectivity index (χ0n) is 11.9. The molecule has 1 aromatic rings. The predicted octanol–water partition coefficient (Wildman–Crippen LogP) is 0.745. The van der Waals surface area contributed by atoms with Crippen LogP contribution in [0.2, 0.25) is 0 Å². The minimum absolute atomic E-state index is 0.0939. The molecule has 2 atom stereocenters. The molecule has 0 bridgehead atoms. The first kappa shape index (κ1) is 16.9. The van der Waals surface area contributed by atoms with Gasteiger partial charge in [-0.15, -0.1) is 0 Å². The molecule has 1 aromatic carbocycles. The SMILES string of the molecule is COC(=O)[C@H](NC(C)=O)[C@@H](OC)c1ccccc1N([O-])O. The van der Waals surface area contributed by atoms with Crippen molar-refractivity contribution in [2.45, 2.75) is 19.1 Å². The highest BCUT2D eigenvalue weighted by Crippen LogP contribution is 2.30. The maximum Gasteiger partial charge on any atom is 0.331 e. The summed E-state index contributed by atoms with van der Waals surface area (Å²) < 4.78 is 9.85. The summed E-state index contributed by atoms with van der Waals surface area (Å²) in [4.78, 5) is 23.1. The highest BCUT2D eigenvalue weighted by molar-refractivity contribution is 5.84. The van der Waals surface area contributed by atoms with Crippen LogP contribution in [0.3, 0.4) is 0 Å². The number of amides is 1. The van der Waals surface area contributed by atoms with E-state index in [-0.39, 0.29) is 16.5 Å². The molecule has 116 valence electrons. The number of carbonyl (C=O) groups excluding carboxylic acids is 2. The largest absolute Gasteiger partial charge is 0.733 e. The van der Waals surface area contributed by atoms with E-state index in [9.17, 15) is 14.8 Å². The van der Waals surface area contributed by atoms with Crippen molar-refractivity contribution in [1.82, 2.24) is 5.32 Å². The zero-order valence-corrected chi connectivity index (χ0v) is 11.9. The molecule has 2 N–H and O–H groups in total. The van der Waals surface area contributed by atoms with E-state index in [2.05, 4.69) is 10.1 Å². The molecule has 21 heavy (non-hydrogen) atoms. The Morgan fingerprint density at radius 1 is 1.33 bits per heavy atom. The fourth-order valence-electron chi connectivity index (χ4n) is 1.95. The first-order valence-corrected chi connectivity index (χ1v) is 6.05. The molecular weight excluding hydrogens is 280 g/mol. The molecule has 0 aliphatic heterocycles. The van der Waals surface area contributed by atoms with Crippen molar-refractivity contribution in [1.29, 1.82) is 0 Å². The van der Waals surface area contributed by atoms with Crippen LogP contribution < -0.4 is 10.5 Å². The molecule has 0 unspecified atom stereocenters. The molecule has 0 saturated carbocycles. The molecule has 0 radical (unpaired) electrons. The third-order valence-corrected chi connectivity index (χ3v) is 2.82. The second-order valence-corrected chi connectivity index (χ2v) is 4.19. The van der Waals surface area contributed by atoms with Crippen LogP contribution >= 0.6 is 0 Å². The molecule has 0 saturated heterocycles. The summed E-state index contributed by atoms with van der Waals surface area (Å²) in [5.41, 5.74) is 0.144. The standard InChI is InChI=1S/C13H17N2O6/c1-8(16)14-11(13(17)21-3)12(20-2)9-6-4-5-7-10(9)15(18)19/h4-7,11-12,18H,1-3H3,(H,14,16)/q-1/t11-,12+/m1/s1. The van der Waals surface area contributed by atoms with Crippen LogP contribution in [0.25, 0.3) is 0 Å². The molecule has 1 rings (SSSR count). The first-order valence-electron chi connectivity index (χ1n) is 6.05. The summed E-state index contributed by atoms with van der Waals surface area (Å²) in [5, 5.41) is 22.4. The molecular formula is C13H17N2O6-. The van der Waals surface area contributed by atoms with Crippen molar-refractivity contribution >= 4 is 17.6 Å². The number of para-hydroxylation sites is 1. The second-order valence-electron chi connectivity index (χ2n) is 4.19. The topological polar surface area (TPSA) is 111 Å². The number of nitrogens with zero attached hydrogens (tertiary/aromatic N) is 1. The number of esters is 1. The lowest BCUT2D eigenvalue weighted by Gasteiger charge is -2.30. The fourth-order valence-corrected chi connectivity index (χ4v) is 1.95. The highest BCUT2D eigenvalue weighted by Gasteiger charge is 2.33. The number of rotatable bonds is 6. The summed E-state index contributed by atoms with van der Waals surface area (Å²) in [7, 11) is 2.48. The maximum absolute atomic E-state index is 11.8. The van der Waals surface area contributed by atoms with Crippen LogP contribution in [-0.2, 0) is 19.1 Å². The van der Waals surface area contributed by atoms with E-state index in [1.165, 1.54) is 39.3 Å². The Kier molecular flexibility index (Phi) is 6.10. The number of carbonyl (C=O) groups is 2. The summed E-state index contributed by atoms with van der Waals surface area (Å²) in [5.74, 6) is -1.20. The normalized spacial score (nSPS) is 13.2. The van der Waals surface area contributed by atoms with Gasteiger partial charge in [0, 0.05) is 19.6 Å². The Bertz CT molecular complexity index is 505. The minimum atomic E-state index is -1.15. The van der Waals surface area contributed by atoms with Crippen LogP contribution in [0.15, 0.2) is 24.3 Å². The van der Waals surface area contributed by atoms with E-state index in [1.807, 2.05) is 0 Å². The van der Waals surface area contributed by atoms with Gasteiger partial charge >= 0.3 is 5.97 Å². The number of hydrogen-bond donors (Lipinski definition) is 2. The van der Waals surface area contributed by atoms with Gasteiger partial charge in [-0.25, -0.2) is 4.79 Å². The summed E-state index contributed by atoms with van der Waals surface area (Å²) in [6.07, 6.45) is -0.999. The van der Waals surface area contributed by atoms with Crippen LogP contribution in [0, 0.1) is 5.21 Å². The molecule has 0 aliphatic carbocycles. The molecule has 0 fully saturated rings. The van der Waals surface area contributed by atoms with E-state index in [0.29, 0.717) is 0 Å². The maximum atomic E-state index is 11.8. The van der Waals surface area contributed by atoms with Gasteiger partial charge in [-0.2, -0.15) is 0 Å². The first-order chi connectivity index (χ1) is 9.92. The molecule has 8 nitrogen and oxygen atoms in total. The number of hydrogen-bond acceptors (Lipinski definition) is 7. The Morgan fingerprint density at radius 3 is 2.43 bits per heavy atom. The lowest BCUT2D eigenvalue weighted by Crippen LogP contribution is -2.45. The molecule has 0 aromatic heterocycles. The Morgan fingerprint density at radius 2 is 1.95 bits per heavy atom. The third kappa shape index (κ3) is 4.15. The summed E-state index contributed by atoms with van der Waals surface area (Å²) in [6, 6.07) is 4.85. The average molecular weight is 297 g/mol. The Balaban J connectivity index is 3.25. The smallest absolute Gasteiger partial charge is 0.331 e. The van der Waals surface area contributed by atoms with E-state index in [1.54, 1.807) is 6.07 Å².